The van der Waals surface area contributed by atoms with Crippen molar-refractivity contribution >= 4 is 39.2 Å². The largest absolute Gasteiger partial charge is 0.450 e. The van der Waals surface area contributed by atoms with Gasteiger partial charge in [-0.05, 0) is 58.4 Å². The second-order valence-electron chi connectivity index (χ2n) is 4.68. The summed E-state index contributed by atoms with van der Waals surface area (Å²) in [6.07, 6.45) is 5.43. The van der Waals surface area contributed by atoms with Crippen molar-refractivity contribution in [1.29, 1.82) is 0 Å². The predicted molar refractivity (Wildman–Crippen MR) is 83.4 cm³/mol. The molecule has 0 radical (unpaired) electrons. The molecule has 1 aliphatic heterocycles. The van der Waals surface area contributed by atoms with E-state index in [2.05, 4.69) is 27.4 Å². The Labute approximate surface area is 130 Å². The Hall–Kier alpha value is -1.33. The fourth-order valence-corrected chi connectivity index (χ4v) is 3.67. The highest BCUT2D eigenvalue weighted by Crippen LogP contribution is 2.34. The van der Waals surface area contributed by atoms with Gasteiger partial charge in [0.1, 0.15) is 5.76 Å². The molecular weight excluding hydrogens is 338 g/mol. The molecule has 0 saturated carbocycles. The Bertz CT molecular complexity index is 618. The van der Waals surface area contributed by atoms with Crippen LogP contribution in [0.5, 0.6) is 0 Å². The standard InChI is InChI=1S/C15H14BrNO2S/c16-14-7-5-11(19-14)6-8-15(18)17-9-1-3-12(17)13-4-2-10-20-13/h2,4-8,10,12H,1,3,9H2/b8-6+/t12-/m1/s1. The smallest absolute Gasteiger partial charge is 0.247 e. The van der Waals surface area contributed by atoms with Gasteiger partial charge in [-0.25, -0.2) is 0 Å². The van der Waals surface area contributed by atoms with Crippen LogP contribution in [0.15, 0.2) is 44.8 Å². The SMILES string of the molecule is O=C(/C=C/c1ccc(Br)o1)N1CCC[C@@H]1c1cccs1. The zero-order valence-corrected chi connectivity index (χ0v) is 13.2. The van der Waals surface area contributed by atoms with E-state index in [1.54, 1.807) is 23.5 Å². The van der Waals surface area contributed by atoms with Crippen molar-refractivity contribution in [3.05, 3.63) is 51.0 Å². The molecule has 3 rings (SSSR count). The molecule has 3 nitrogen and oxygen atoms in total. The van der Waals surface area contributed by atoms with E-state index in [4.69, 9.17) is 4.42 Å². The summed E-state index contributed by atoms with van der Waals surface area (Å²) in [6.45, 7) is 0.827. The second kappa shape index (κ2) is 5.97. The van der Waals surface area contributed by atoms with E-state index in [1.807, 2.05) is 23.1 Å². The first-order chi connectivity index (χ1) is 9.74. The minimum Gasteiger partial charge on any atom is -0.450 e. The lowest BCUT2D eigenvalue weighted by molar-refractivity contribution is -0.126. The molecule has 1 fully saturated rings. The van der Waals surface area contributed by atoms with Crippen LogP contribution in [0.25, 0.3) is 6.08 Å². The van der Waals surface area contributed by atoms with Crippen LogP contribution in [0.1, 0.15) is 29.5 Å². The molecule has 0 aliphatic carbocycles. The van der Waals surface area contributed by atoms with Gasteiger partial charge >= 0.3 is 0 Å². The Morgan fingerprint density at radius 2 is 2.35 bits per heavy atom. The van der Waals surface area contributed by atoms with Gasteiger partial charge in [-0.3, -0.25) is 4.79 Å². The normalized spacial score (nSPS) is 19.1. The van der Waals surface area contributed by atoms with E-state index in [0.717, 1.165) is 19.4 Å². The first-order valence-corrected chi connectivity index (χ1v) is 8.19. The molecule has 5 heteroatoms. The molecule has 0 N–H and O–H groups in total. The summed E-state index contributed by atoms with van der Waals surface area (Å²) >= 11 is 4.96. The van der Waals surface area contributed by atoms with E-state index in [-0.39, 0.29) is 11.9 Å². The molecule has 1 amide bonds. The average molecular weight is 352 g/mol. The zero-order chi connectivity index (χ0) is 13.9. The molecule has 104 valence electrons. The molecule has 1 atom stereocenters. The summed E-state index contributed by atoms with van der Waals surface area (Å²) < 4.78 is 6.03. The molecule has 1 aliphatic rings. The zero-order valence-electron chi connectivity index (χ0n) is 10.8. The number of halogens is 1. The number of rotatable bonds is 3. The van der Waals surface area contributed by atoms with Crippen LogP contribution in [-0.4, -0.2) is 17.4 Å². The van der Waals surface area contributed by atoms with Crippen molar-refractivity contribution in [2.24, 2.45) is 0 Å². The number of nitrogens with zero attached hydrogens (tertiary/aromatic N) is 1. The Morgan fingerprint density at radius 3 is 3.05 bits per heavy atom. The summed E-state index contributed by atoms with van der Waals surface area (Å²) in [5, 5.41) is 2.06. The van der Waals surface area contributed by atoms with Crippen LogP contribution in [0.3, 0.4) is 0 Å². The van der Waals surface area contributed by atoms with Crippen LogP contribution in [-0.2, 0) is 4.79 Å². The quantitative estimate of drug-likeness (QED) is 0.763. The minimum absolute atomic E-state index is 0.0495. The van der Waals surface area contributed by atoms with E-state index >= 15 is 0 Å². The predicted octanol–water partition coefficient (Wildman–Crippen LogP) is 4.48. The number of hydrogen-bond donors (Lipinski definition) is 0. The third kappa shape index (κ3) is 2.88. The molecule has 3 heterocycles. The number of carbonyl (C=O) groups excluding carboxylic acids is 1. The van der Waals surface area contributed by atoms with E-state index < -0.39 is 0 Å². The fourth-order valence-electron chi connectivity index (χ4n) is 2.47. The van der Waals surface area contributed by atoms with Gasteiger partial charge in [-0.15, -0.1) is 11.3 Å². The van der Waals surface area contributed by atoms with Gasteiger partial charge < -0.3 is 9.32 Å². The molecule has 0 spiro atoms. The average Bonchev–Trinajstić information content (AvgIpc) is 3.16. The summed E-state index contributed by atoms with van der Waals surface area (Å²) in [6, 6.07) is 8.02. The van der Waals surface area contributed by atoms with Crippen molar-refractivity contribution in [1.82, 2.24) is 4.90 Å². The summed E-state index contributed by atoms with van der Waals surface area (Å²) in [4.78, 5) is 15.5. The third-order valence-electron chi connectivity index (χ3n) is 3.39. The first kappa shape index (κ1) is 13.6. The van der Waals surface area contributed by atoms with Crippen molar-refractivity contribution < 1.29 is 9.21 Å². The number of amides is 1. The van der Waals surface area contributed by atoms with Gasteiger partial charge in [0, 0.05) is 17.5 Å². The van der Waals surface area contributed by atoms with Crippen molar-refractivity contribution in [3.8, 4) is 0 Å². The number of likely N-dealkylation sites (tertiary alicyclic amines) is 1. The van der Waals surface area contributed by atoms with Gasteiger partial charge in [0.15, 0.2) is 4.67 Å². The van der Waals surface area contributed by atoms with Gasteiger partial charge in [-0.1, -0.05) is 6.07 Å². The van der Waals surface area contributed by atoms with Crippen LogP contribution in [0.2, 0.25) is 0 Å². The lowest BCUT2D eigenvalue weighted by Crippen LogP contribution is -2.28. The first-order valence-electron chi connectivity index (χ1n) is 6.51. The summed E-state index contributed by atoms with van der Waals surface area (Å²) in [5.41, 5.74) is 0. The molecule has 0 aromatic carbocycles. The molecule has 2 aromatic rings. The van der Waals surface area contributed by atoms with Crippen LogP contribution < -0.4 is 0 Å². The fraction of sp³-hybridized carbons (Fsp3) is 0.267. The van der Waals surface area contributed by atoms with E-state index in [9.17, 15) is 4.79 Å². The maximum absolute atomic E-state index is 12.3. The summed E-state index contributed by atoms with van der Waals surface area (Å²) in [7, 11) is 0. The number of furan rings is 1. The Morgan fingerprint density at radius 1 is 1.45 bits per heavy atom. The van der Waals surface area contributed by atoms with Crippen molar-refractivity contribution in [2.75, 3.05) is 6.54 Å². The van der Waals surface area contributed by atoms with Gasteiger partial charge in [0.2, 0.25) is 5.91 Å². The third-order valence-corrected chi connectivity index (χ3v) is 4.79. The number of hydrogen-bond acceptors (Lipinski definition) is 3. The van der Waals surface area contributed by atoms with Gasteiger partial charge in [-0.2, -0.15) is 0 Å². The lowest BCUT2D eigenvalue weighted by atomic mass is 10.2. The van der Waals surface area contributed by atoms with Crippen molar-refractivity contribution in [2.45, 2.75) is 18.9 Å². The van der Waals surface area contributed by atoms with Crippen molar-refractivity contribution in [3.63, 3.8) is 0 Å². The maximum atomic E-state index is 12.3. The molecular formula is C15H14BrNO2S. The minimum atomic E-state index is 0.0495. The summed E-state index contributed by atoms with van der Waals surface area (Å²) in [5.74, 6) is 0.727. The molecule has 1 saturated heterocycles. The molecule has 20 heavy (non-hydrogen) atoms. The van der Waals surface area contributed by atoms with Crippen LogP contribution in [0.4, 0.5) is 0 Å². The Balaban J connectivity index is 1.71. The van der Waals surface area contributed by atoms with E-state index in [0.29, 0.717) is 10.4 Å². The second-order valence-corrected chi connectivity index (χ2v) is 6.44. The number of thiophene rings is 1. The van der Waals surface area contributed by atoms with Gasteiger partial charge in [0.25, 0.3) is 0 Å². The topological polar surface area (TPSA) is 33.5 Å². The molecule has 0 unspecified atom stereocenters. The molecule has 2 aromatic heterocycles. The Kier molecular flexibility index (Phi) is 4.08. The highest BCUT2D eigenvalue weighted by atomic mass is 79.9. The highest BCUT2D eigenvalue weighted by Gasteiger charge is 2.29. The monoisotopic (exact) mass is 351 g/mol. The van der Waals surface area contributed by atoms with Crippen LogP contribution in [0, 0.1) is 0 Å². The lowest BCUT2D eigenvalue weighted by Gasteiger charge is -2.22. The highest BCUT2D eigenvalue weighted by molar-refractivity contribution is 9.10. The van der Waals surface area contributed by atoms with Gasteiger partial charge in [0.05, 0.1) is 6.04 Å². The maximum Gasteiger partial charge on any atom is 0.247 e. The molecule has 0 bridgehead atoms. The number of carbonyl (C=O) groups is 1. The van der Waals surface area contributed by atoms with Crippen LogP contribution >= 0.6 is 27.3 Å². The van der Waals surface area contributed by atoms with E-state index in [1.165, 1.54) is 4.88 Å².